The third kappa shape index (κ3) is 7.84. The maximum absolute atomic E-state index is 3.76. The number of hydrogen-bond acceptors (Lipinski definition) is 1. The van der Waals surface area contributed by atoms with Crippen LogP contribution in [0.3, 0.4) is 0 Å². The Morgan fingerprint density at radius 1 is 0.909 bits per heavy atom. The van der Waals surface area contributed by atoms with E-state index in [2.05, 4.69) is 71.0 Å². The molecule has 0 heterocycles. The molecule has 0 aliphatic rings. The van der Waals surface area contributed by atoms with E-state index in [0.717, 1.165) is 0 Å². The largest absolute Gasteiger partial charge is 0.290 e. The zero-order valence-corrected chi connectivity index (χ0v) is 17.7. The highest BCUT2D eigenvalue weighted by Crippen LogP contribution is 2.35. The molecule has 0 aromatic heterocycles. The van der Waals surface area contributed by atoms with E-state index in [1.807, 2.05) is 0 Å². The monoisotopic (exact) mass is 323 g/mol. The summed E-state index contributed by atoms with van der Waals surface area (Å²) in [6.07, 6.45) is 7.59. The van der Waals surface area contributed by atoms with Crippen LogP contribution >= 0.6 is 0 Å². The molecule has 0 aliphatic heterocycles. The Bertz CT molecular complexity index is 335. The topological polar surface area (TPSA) is 3.24 Å². The number of hydrogen-bond donors (Lipinski definition) is 0. The summed E-state index contributed by atoms with van der Waals surface area (Å²) in [7, 11) is -1.49. The fraction of sp³-hybridized carbons (Fsp3) is 0.900. The second kappa shape index (κ2) is 10.5. The molecular formula is C20H41NSi. The van der Waals surface area contributed by atoms with E-state index in [1.165, 1.54) is 51.6 Å². The van der Waals surface area contributed by atoms with Crippen LogP contribution in [-0.4, -0.2) is 32.1 Å². The summed E-state index contributed by atoms with van der Waals surface area (Å²) >= 11 is 0. The van der Waals surface area contributed by atoms with Crippen molar-refractivity contribution in [2.45, 2.75) is 104 Å². The molecule has 0 N–H and O–H groups in total. The Balaban J connectivity index is 5.14. The molecule has 22 heavy (non-hydrogen) atoms. The summed E-state index contributed by atoms with van der Waals surface area (Å²) in [5, 5.41) is 0.356. The van der Waals surface area contributed by atoms with Crippen molar-refractivity contribution >= 4 is 8.07 Å². The van der Waals surface area contributed by atoms with Crippen LogP contribution in [-0.2, 0) is 0 Å². The van der Waals surface area contributed by atoms with E-state index < -0.39 is 8.07 Å². The zero-order chi connectivity index (χ0) is 17.2. The Kier molecular flexibility index (Phi) is 10.4. The molecule has 1 atom stereocenters. The first-order valence-electron chi connectivity index (χ1n) is 9.46. The summed E-state index contributed by atoms with van der Waals surface area (Å²) in [5.41, 5.74) is 3.76. The molecule has 1 nitrogen and oxygen atoms in total. The van der Waals surface area contributed by atoms with Gasteiger partial charge in [0.05, 0.1) is 6.04 Å². The van der Waals surface area contributed by atoms with E-state index in [4.69, 9.17) is 0 Å². The second-order valence-corrected chi connectivity index (χ2v) is 13.2. The van der Waals surface area contributed by atoms with Gasteiger partial charge < -0.3 is 0 Å². The molecule has 0 saturated carbocycles. The SMILES string of the molecule is CCCCN(CCCC)C(C#C[Si](C)(C)C(C)(C)C)CCC. The third-order valence-corrected chi connectivity index (χ3v) is 9.55. The highest BCUT2D eigenvalue weighted by molar-refractivity contribution is 6.87. The van der Waals surface area contributed by atoms with Gasteiger partial charge in [-0.25, -0.2) is 0 Å². The van der Waals surface area contributed by atoms with E-state index in [-0.39, 0.29) is 0 Å². The molecule has 0 amide bonds. The Hall–Kier alpha value is -0.263. The predicted molar refractivity (Wildman–Crippen MR) is 105 cm³/mol. The lowest BCUT2D eigenvalue weighted by molar-refractivity contribution is 0.219. The molecule has 2 heteroatoms. The standard InChI is InChI=1S/C20H41NSi/c1-9-12-16-21(17-13-10-2)19(14-11-3)15-18-22(7,8)20(4,5)6/h19H,9-14,16-17H2,1-8H3. The molecule has 1 unspecified atom stereocenters. The van der Waals surface area contributed by atoms with Gasteiger partial charge in [-0.05, 0) is 37.4 Å². The quantitative estimate of drug-likeness (QED) is 0.365. The van der Waals surface area contributed by atoms with Crippen LogP contribution in [0.5, 0.6) is 0 Å². The number of nitrogens with zero attached hydrogens (tertiary/aromatic N) is 1. The average molecular weight is 324 g/mol. The van der Waals surface area contributed by atoms with Gasteiger partial charge in [-0.2, -0.15) is 0 Å². The number of rotatable bonds is 9. The lowest BCUT2D eigenvalue weighted by Gasteiger charge is -2.33. The first-order chi connectivity index (χ1) is 10.2. The van der Waals surface area contributed by atoms with Crippen molar-refractivity contribution in [1.82, 2.24) is 4.90 Å². The van der Waals surface area contributed by atoms with Crippen molar-refractivity contribution in [3.63, 3.8) is 0 Å². The van der Waals surface area contributed by atoms with Crippen molar-refractivity contribution in [2.24, 2.45) is 0 Å². The second-order valence-electron chi connectivity index (χ2n) is 8.19. The van der Waals surface area contributed by atoms with Crippen LogP contribution in [0.2, 0.25) is 18.1 Å². The molecule has 0 fully saturated rings. The van der Waals surface area contributed by atoms with E-state index in [9.17, 15) is 0 Å². The highest BCUT2D eigenvalue weighted by Gasteiger charge is 2.33. The van der Waals surface area contributed by atoms with E-state index in [0.29, 0.717) is 11.1 Å². The minimum absolute atomic E-state index is 0.356. The van der Waals surface area contributed by atoms with Gasteiger partial charge in [0.15, 0.2) is 0 Å². The molecule has 0 aliphatic carbocycles. The maximum Gasteiger partial charge on any atom is 0.137 e. The van der Waals surface area contributed by atoms with Gasteiger partial charge in [-0.1, -0.05) is 79.8 Å². The lowest BCUT2D eigenvalue weighted by Crippen LogP contribution is -2.39. The summed E-state index contributed by atoms with van der Waals surface area (Å²) < 4.78 is 0. The molecule has 0 bridgehead atoms. The zero-order valence-electron chi connectivity index (χ0n) is 16.7. The Morgan fingerprint density at radius 2 is 1.41 bits per heavy atom. The van der Waals surface area contributed by atoms with Gasteiger partial charge in [-0.3, -0.25) is 4.90 Å². The van der Waals surface area contributed by atoms with Crippen LogP contribution in [0.15, 0.2) is 0 Å². The smallest absolute Gasteiger partial charge is 0.137 e. The van der Waals surface area contributed by atoms with Gasteiger partial charge in [0.1, 0.15) is 8.07 Å². The van der Waals surface area contributed by atoms with Gasteiger partial charge in [0.2, 0.25) is 0 Å². The molecular weight excluding hydrogens is 282 g/mol. The van der Waals surface area contributed by atoms with Gasteiger partial charge in [0.25, 0.3) is 0 Å². The van der Waals surface area contributed by atoms with Gasteiger partial charge >= 0.3 is 0 Å². The van der Waals surface area contributed by atoms with E-state index in [1.54, 1.807) is 0 Å². The fourth-order valence-corrected chi connectivity index (χ4v) is 3.12. The number of unbranched alkanes of at least 4 members (excludes halogenated alkanes) is 2. The Morgan fingerprint density at radius 3 is 1.77 bits per heavy atom. The van der Waals surface area contributed by atoms with Crippen LogP contribution in [0.4, 0.5) is 0 Å². The highest BCUT2D eigenvalue weighted by atomic mass is 28.3. The van der Waals surface area contributed by atoms with Crippen molar-refractivity contribution in [3.05, 3.63) is 0 Å². The minimum atomic E-state index is -1.49. The lowest BCUT2D eigenvalue weighted by atomic mass is 10.1. The molecule has 0 saturated heterocycles. The normalized spacial score (nSPS) is 13.9. The van der Waals surface area contributed by atoms with Crippen molar-refractivity contribution in [2.75, 3.05) is 13.1 Å². The Labute approximate surface area is 142 Å². The molecule has 0 aromatic carbocycles. The van der Waals surface area contributed by atoms with Crippen LogP contribution in [0, 0.1) is 11.5 Å². The van der Waals surface area contributed by atoms with Crippen LogP contribution in [0.25, 0.3) is 0 Å². The molecule has 130 valence electrons. The van der Waals surface area contributed by atoms with Crippen molar-refractivity contribution in [3.8, 4) is 11.5 Å². The maximum atomic E-state index is 3.76. The summed E-state index contributed by atoms with van der Waals surface area (Å²) in [6, 6.07) is 0.470. The van der Waals surface area contributed by atoms with Crippen molar-refractivity contribution in [1.29, 1.82) is 0 Å². The molecule has 0 rings (SSSR count). The third-order valence-electron chi connectivity index (χ3n) is 5.03. The van der Waals surface area contributed by atoms with Gasteiger partial charge in [0, 0.05) is 0 Å². The minimum Gasteiger partial charge on any atom is -0.290 e. The summed E-state index contributed by atoms with van der Waals surface area (Å²) in [5.74, 6) is 3.72. The average Bonchev–Trinajstić information content (AvgIpc) is 2.43. The summed E-state index contributed by atoms with van der Waals surface area (Å²) in [4.78, 5) is 2.66. The summed E-state index contributed by atoms with van der Waals surface area (Å²) in [6.45, 7) is 21.2. The van der Waals surface area contributed by atoms with Crippen LogP contribution < -0.4 is 0 Å². The van der Waals surface area contributed by atoms with Crippen LogP contribution in [0.1, 0.15) is 80.1 Å². The molecule has 0 aromatic rings. The first kappa shape index (κ1) is 21.7. The van der Waals surface area contributed by atoms with Gasteiger partial charge in [-0.15, -0.1) is 5.54 Å². The van der Waals surface area contributed by atoms with Crippen molar-refractivity contribution < 1.29 is 0 Å². The first-order valence-corrected chi connectivity index (χ1v) is 12.5. The molecule has 0 radical (unpaired) electrons. The molecule has 0 spiro atoms. The van der Waals surface area contributed by atoms with E-state index >= 15 is 0 Å². The predicted octanol–water partition coefficient (Wildman–Crippen LogP) is 6.11. The fourth-order valence-electron chi connectivity index (χ4n) is 2.22.